The van der Waals surface area contributed by atoms with Crippen LogP contribution in [-0.4, -0.2) is 77.1 Å². The van der Waals surface area contributed by atoms with Crippen molar-refractivity contribution < 1.29 is 47.4 Å². The van der Waals surface area contributed by atoms with Gasteiger partial charge in [-0.2, -0.15) is 4.98 Å². The van der Waals surface area contributed by atoms with Gasteiger partial charge in [0.15, 0.2) is 23.1 Å². The molecule has 0 aliphatic carbocycles. The van der Waals surface area contributed by atoms with Crippen LogP contribution in [0.2, 0.25) is 0 Å². The molecule has 0 radical (unpaired) electrons. The average Bonchev–Trinajstić information content (AvgIpc) is 3.09. The van der Waals surface area contributed by atoms with Crippen LogP contribution in [0.5, 0.6) is 23.1 Å². The zero-order valence-electron chi connectivity index (χ0n) is 28.1. The van der Waals surface area contributed by atoms with Crippen molar-refractivity contribution >= 4 is 21.8 Å². The van der Waals surface area contributed by atoms with E-state index in [-0.39, 0.29) is 76.8 Å². The van der Waals surface area contributed by atoms with Crippen LogP contribution in [0.1, 0.15) is 52.0 Å². The van der Waals surface area contributed by atoms with Gasteiger partial charge in [0.1, 0.15) is 13.2 Å². The van der Waals surface area contributed by atoms with Crippen molar-refractivity contribution in [3.63, 3.8) is 0 Å². The molecule has 0 amide bonds. The zero-order valence-corrected chi connectivity index (χ0v) is 28.9. The van der Waals surface area contributed by atoms with Crippen molar-refractivity contribution in [2.24, 2.45) is 0 Å². The number of benzene rings is 2. The van der Waals surface area contributed by atoms with Crippen molar-refractivity contribution in [2.75, 3.05) is 31.7 Å². The predicted molar refractivity (Wildman–Crippen MR) is 178 cm³/mol. The number of esters is 1. The van der Waals surface area contributed by atoms with E-state index in [1.54, 1.807) is 42.5 Å². The van der Waals surface area contributed by atoms with E-state index in [1.165, 1.54) is 31.6 Å². The fraction of sp³-hybridized carbons (Fsp3) is 0.364. The van der Waals surface area contributed by atoms with E-state index < -0.39 is 16.0 Å². The minimum absolute atomic E-state index is 0.0180. The molecule has 0 atom stereocenters. The minimum atomic E-state index is -4.23. The number of carbonyl (C=O) groups is 1. The molecule has 0 unspecified atom stereocenters. The Morgan fingerprint density at radius 1 is 0.860 bits per heavy atom. The summed E-state index contributed by atoms with van der Waals surface area (Å²) in [6.07, 6.45) is 4.66. The molecule has 3 N–H and O–H groups in total. The third-order valence-corrected chi connectivity index (χ3v) is 8.32. The molecule has 50 heavy (non-hydrogen) atoms. The van der Waals surface area contributed by atoms with Gasteiger partial charge in [0.2, 0.25) is 11.6 Å². The largest absolute Gasteiger partial charge is 0.493 e. The summed E-state index contributed by atoms with van der Waals surface area (Å²) in [7, 11) is -2.77. The van der Waals surface area contributed by atoms with E-state index in [2.05, 4.69) is 29.5 Å². The molecule has 0 saturated carbocycles. The van der Waals surface area contributed by atoms with Crippen molar-refractivity contribution in [2.45, 2.75) is 56.8 Å². The number of ether oxygens (including phenoxy) is 4. The molecule has 17 heteroatoms. The second-order valence-corrected chi connectivity index (χ2v) is 13.4. The van der Waals surface area contributed by atoms with E-state index >= 15 is 0 Å². The van der Waals surface area contributed by atoms with E-state index in [0.717, 1.165) is 5.56 Å². The summed E-state index contributed by atoms with van der Waals surface area (Å²) in [6.45, 7) is 5.80. The number of hydrogen-bond acceptors (Lipinski definition) is 15. The predicted octanol–water partition coefficient (Wildman–Crippen LogP) is 5.33. The highest BCUT2D eigenvalue weighted by Gasteiger charge is 2.26. The number of hydrogen-bond donors (Lipinski definition) is 3. The van der Waals surface area contributed by atoms with E-state index in [1.807, 2.05) is 20.8 Å². The Labute approximate surface area is 289 Å². The molecule has 2 aromatic carbocycles. The first-order valence-corrected chi connectivity index (χ1v) is 17.1. The van der Waals surface area contributed by atoms with Crippen LogP contribution in [0.4, 0.5) is 5.82 Å². The van der Waals surface area contributed by atoms with Crippen LogP contribution in [-0.2, 0) is 29.8 Å². The molecular formula is C33H40N6O10S. The number of para-hydroxylation sites is 2. The smallest absolute Gasteiger partial charge is 0.305 e. The summed E-state index contributed by atoms with van der Waals surface area (Å²) < 4.78 is 52.9. The van der Waals surface area contributed by atoms with Crippen molar-refractivity contribution in [3.8, 4) is 34.8 Å². The maximum atomic E-state index is 13.7. The van der Waals surface area contributed by atoms with Crippen LogP contribution in [0.15, 0.2) is 71.9 Å². The number of methoxy groups -OCH3 is 1. The molecule has 0 aliphatic heterocycles. The Kier molecular flexibility index (Phi) is 13.4. The van der Waals surface area contributed by atoms with Crippen LogP contribution in [0.3, 0.4) is 0 Å². The van der Waals surface area contributed by atoms with Gasteiger partial charge in [0, 0.05) is 18.8 Å². The third-order valence-electron chi connectivity index (χ3n) is 6.96. The third kappa shape index (κ3) is 11.0. The average molecular weight is 713 g/mol. The second kappa shape index (κ2) is 17.6. The van der Waals surface area contributed by atoms with Gasteiger partial charge in [-0.25, -0.2) is 23.4 Å². The highest BCUT2D eigenvalue weighted by Crippen LogP contribution is 2.41. The van der Waals surface area contributed by atoms with Gasteiger partial charge in [-0.3, -0.25) is 24.8 Å². The molecule has 0 spiro atoms. The molecule has 2 aromatic heterocycles. The molecule has 268 valence electrons. The molecule has 4 rings (SSSR count). The maximum Gasteiger partial charge on any atom is 0.305 e. The summed E-state index contributed by atoms with van der Waals surface area (Å²) in [5.74, 6) is -0.559. The summed E-state index contributed by atoms with van der Waals surface area (Å²) >= 11 is 0. The highest BCUT2D eigenvalue weighted by atomic mass is 32.2. The summed E-state index contributed by atoms with van der Waals surface area (Å²) in [6, 6.07) is 14.8. The van der Waals surface area contributed by atoms with Gasteiger partial charge in [-0.1, -0.05) is 51.5 Å². The van der Waals surface area contributed by atoms with E-state index in [0.29, 0.717) is 25.0 Å². The number of nitrogens with zero attached hydrogens (tertiary/aromatic N) is 5. The van der Waals surface area contributed by atoms with Gasteiger partial charge >= 0.3 is 5.97 Å². The van der Waals surface area contributed by atoms with Gasteiger partial charge in [-0.15, -0.1) is 0 Å². The fourth-order valence-corrected chi connectivity index (χ4v) is 5.40. The summed E-state index contributed by atoms with van der Waals surface area (Å²) in [5.41, 5.74) is 0.758. The number of carbonyl (C=O) groups excluding carboxylic acids is 1. The molecular weight excluding hydrogens is 672 g/mol. The molecule has 0 fully saturated rings. The monoisotopic (exact) mass is 712 g/mol. The van der Waals surface area contributed by atoms with Gasteiger partial charge < -0.3 is 18.9 Å². The molecule has 0 aliphatic rings. The first-order valence-electron chi connectivity index (χ1n) is 15.6. The first-order chi connectivity index (χ1) is 23.9. The SMILES string of the molecule is COc1ccccc1Oc1c(NS(=O)(=O)c2ccc(C(C)(C)C)cc2)nc(-c2ncccn2)nc1OCCOC(=O)CCCCCON(O)O. The summed E-state index contributed by atoms with van der Waals surface area (Å²) in [5, 5.41) is 16.7. The van der Waals surface area contributed by atoms with Crippen LogP contribution < -0.4 is 18.9 Å². The lowest BCUT2D eigenvalue weighted by atomic mass is 9.87. The molecule has 16 nitrogen and oxygen atoms in total. The quantitative estimate of drug-likeness (QED) is 0.0678. The lowest BCUT2D eigenvalue weighted by Gasteiger charge is -2.20. The topological polar surface area (TPSA) is 205 Å². The Morgan fingerprint density at radius 3 is 2.22 bits per heavy atom. The van der Waals surface area contributed by atoms with Crippen molar-refractivity contribution in [3.05, 3.63) is 72.6 Å². The lowest BCUT2D eigenvalue weighted by molar-refractivity contribution is -0.492. The van der Waals surface area contributed by atoms with Crippen molar-refractivity contribution in [1.29, 1.82) is 0 Å². The maximum absolute atomic E-state index is 13.7. The lowest BCUT2D eigenvalue weighted by Crippen LogP contribution is -2.18. The van der Waals surface area contributed by atoms with Gasteiger partial charge in [0.05, 0.1) is 24.0 Å². The molecule has 2 heterocycles. The van der Waals surface area contributed by atoms with Crippen molar-refractivity contribution in [1.82, 2.24) is 25.3 Å². The number of sulfonamides is 1. The molecule has 0 bridgehead atoms. The number of nitrogens with one attached hydrogen (secondary N) is 1. The highest BCUT2D eigenvalue weighted by molar-refractivity contribution is 7.92. The molecule has 4 aromatic rings. The summed E-state index contributed by atoms with van der Waals surface area (Å²) in [4.78, 5) is 34.0. The normalized spacial score (nSPS) is 11.7. The molecule has 0 saturated heterocycles. The first kappa shape index (κ1) is 37.9. The Morgan fingerprint density at radius 2 is 1.56 bits per heavy atom. The number of aromatic nitrogens is 4. The van der Waals surface area contributed by atoms with Gasteiger partial charge in [-0.05, 0) is 54.2 Å². The Bertz CT molecular complexity index is 1800. The van der Waals surface area contributed by atoms with Gasteiger partial charge in [0.25, 0.3) is 15.9 Å². The van der Waals surface area contributed by atoms with E-state index in [9.17, 15) is 13.2 Å². The standard InChI is InChI=1S/C33H40N6O10S/c1-33(2,3)23-14-16-24(17-15-23)50(43,44)38-29-28(49-26-12-8-7-11-25(26)45-4)32(37-31(36-29)30-34-18-10-19-35-30)47-22-21-46-27(40)13-6-5-9-20-48-39(41)42/h7-8,10-12,14-19,41-42H,5-6,9,13,20-22H2,1-4H3,(H,36,37,38). The number of anilines is 1. The number of rotatable bonds is 18. The Balaban J connectivity index is 1.62. The Hall–Kier alpha value is -4.94. The van der Waals surface area contributed by atoms with Crippen LogP contribution >= 0.6 is 0 Å². The second-order valence-electron chi connectivity index (χ2n) is 11.7. The van der Waals surface area contributed by atoms with E-state index in [4.69, 9.17) is 29.4 Å². The number of unbranched alkanes of at least 4 members (excludes halogenated alkanes) is 2. The minimum Gasteiger partial charge on any atom is -0.493 e. The van der Waals surface area contributed by atoms with Crippen LogP contribution in [0.25, 0.3) is 11.6 Å². The van der Waals surface area contributed by atoms with Crippen LogP contribution in [0, 0.1) is 0 Å². The fourth-order valence-electron chi connectivity index (χ4n) is 4.40. The zero-order chi connectivity index (χ0) is 36.1.